The third-order valence-electron chi connectivity index (χ3n) is 3.21. The van der Waals surface area contributed by atoms with Gasteiger partial charge in [0.1, 0.15) is 11.7 Å². The van der Waals surface area contributed by atoms with E-state index in [1.165, 1.54) is 6.07 Å². The number of halogens is 1. The number of rotatable bonds is 3. The number of carbonyl (C=O) groups excluding carboxylic acids is 2. The van der Waals surface area contributed by atoms with Crippen LogP contribution in [0.25, 0.3) is 0 Å². The van der Waals surface area contributed by atoms with Crippen molar-refractivity contribution in [3.8, 4) is 0 Å². The monoisotopic (exact) mass is 329 g/mol. The Bertz CT molecular complexity index is 760. The molecule has 126 valence electrons. The molecule has 0 radical (unpaired) electrons. The van der Waals surface area contributed by atoms with Crippen LogP contribution < -0.4 is 5.73 Å². The number of hydrogen-bond acceptors (Lipinski definition) is 4. The summed E-state index contributed by atoms with van der Waals surface area (Å²) in [5.41, 5.74) is 6.73. The van der Waals surface area contributed by atoms with Crippen molar-refractivity contribution in [2.75, 3.05) is 5.73 Å². The van der Waals surface area contributed by atoms with Gasteiger partial charge in [-0.3, -0.25) is 15.0 Å². The Hall–Kier alpha value is -3.02. The van der Waals surface area contributed by atoms with Crippen LogP contribution in [0.4, 0.5) is 10.1 Å². The first kappa shape index (κ1) is 19.0. The number of nitrogens with two attached hydrogens (primary N) is 1. The van der Waals surface area contributed by atoms with E-state index in [0.29, 0.717) is 10.5 Å². The molecule has 0 aromatic heterocycles. The first-order valence-corrected chi connectivity index (χ1v) is 7.44. The molecule has 0 saturated carbocycles. The predicted molar refractivity (Wildman–Crippen MR) is 92.4 cm³/mol. The normalized spacial score (nSPS) is 9.50. The molecule has 24 heavy (non-hydrogen) atoms. The summed E-state index contributed by atoms with van der Waals surface area (Å²) < 4.78 is 13.3. The number of anilines is 1. The van der Waals surface area contributed by atoms with Gasteiger partial charge in [-0.05, 0) is 36.8 Å². The minimum Gasteiger partial charge on any atom is -0.398 e. The minimum absolute atomic E-state index is 0.0194. The Morgan fingerprint density at radius 2 is 1.79 bits per heavy atom. The molecule has 5 nitrogen and oxygen atoms in total. The lowest BCUT2D eigenvalue weighted by atomic mass is 10.1. The molecule has 0 saturated heterocycles. The van der Waals surface area contributed by atoms with Crippen molar-refractivity contribution in [2.45, 2.75) is 20.8 Å². The summed E-state index contributed by atoms with van der Waals surface area (Å²) in [6.07, 6.45) is 0.224. The molecule has 0 spiro atoms. The number of imide groups is 1. The zero-order valence-electron chi connectivity index (χ0n) is 13.8. The SMILES string of the molecule is CC.Cc1ccccc1C(=O)N(C=O)C(=N)c1cc(F)ccc1N. The maximum Gasteiger partial charge on any atom is 0.266 e. The lowest BCUT2D eigenvalue weighted by Gasteiger charge is -2.18. The van der Waals surface area contributed by atoms with Crippen LogP contribution in [0.1, 0.15) is 35.3 Å². The summed E-state index contributed by atoms with van der Waals surface area (Å²) >= 11 is 0. The van der Waals surface area contributed by atoms with Gasteiger partial charge in [0.25, 0.3) is 5.91 Å². The molecule has 0 aliphatic carbocycles. The van der Waals surface area contributed by atoms with Crippen LogP contribution in [0.5, 0.6) is 0 Å². The number of aryl methyl sites for hydroxylation is 1. The number of amidine groups is 1. The molecule has 0 bridgehead atoms. The highest BCUT2D eigenvalue weighted by Gasteiger charge is 2.23. The van der Waals surface area contributed by atoms with Crippen LogP contribution in [0.3, 0.4) is 0 Å². The van der Waals surface area contributed by atoms with Gasteiger partial charge >= 0.3 is 0 Å². The van der Waals surface area contributed by atoms with Crippen molar-refractivity contribution in [2.24, 2.45) is 0 Å². The maximum absolute atomic E-state index is 13.3. The van der Waals surface area contributed by atoms with Crippen molar-refractivity contribution in [3.05, 3.63) is 65.0 Å². The fourth-order valence-electron chi connectivity index (χ4n) is 2.01. The molecule has 0 aliphatic heterocycles. The molecule has 0 unspecified atom stereocenters. The van der Waals surface area contributed by atoms with E-state index in [0.717, 1.165) is 12.1 Å². The van der Waals surface area contributed by atoms with Crippen molar-refractivity contribution in [1.29, 1.82) is 5.41 Å². The van der Waals surface area contributed by atoms with Crippen molar-refractivity contribution in [1.82, 2.24) is 4.90 Å². The number of amides is 2. The van der Waals surface area contributed by atoms with Gasteiger partial charge in [0.05, 0.1) is 0 Å². The van der Waals surface area contributed by atoms with E-state index in [1.54, 1.807) is 31.2 Å². The molecule has 0 fully saturated rings. The summed E-state index contributed by atoms with van der Waals surface area (Å²) in [4.78, 5) is 24.3. The average molecular weight is 329 g/mol. The Balaban J connectivity index is 0.00000139. The van der Waals surface area contributed by atoms with Gasteiger partial charge in [-0.15, -0.1) is 0 Å². The highest BCUT2D eigenvalue weighted by atomic mass is 19.1. The molecular weight excluding hydrogens is 309 g/mol. The maximum atomic E-state index is 13.3. The predicted octanol–water partition coefficient (Wildman–Crippen LogP) is 3.37. The van der Waals surface area contributed by atoms with E-state index < -0.39 is 17.6 Å². The van der Waals surface area contributed by atoms with Crippen LogP contribution in [-0.4, -0.2) is 23.1 Å². The van der Waals surface area contributed by atoms with Gasteiger partial charge in [0, 0.05) is 16.8 Å². The molecule has 2 rings (SSSR count). The van der Waals surface area contributed by atoms with Crippen LogP contribution >= 0.6 is 0 Å². The van der Waals surface area contributed by atoms with Crippen LogP contribution in [0.2, 0.25) is 0 Å². The van der Waals surface area contributed by atoms with Gasteiger partial charge < -0.3 is 5.73 Å². The highest BCUT2D eigenvalue weighted by Crippen LogP contribution is 2.17. The molecule has 6 heteroatoms. The Morgan fingerprint density at radius 1 is 1.17 bits per heavy atom. The quantitative estimate of drug-likeness (QED) is 0.392. The standard InChI is InChI=1S/C16H14FN3O2.C2H6/c1-10-4-2-3-5-12(10)16(22)20(9-21)15(19)13-8-11(17)6-7-14(13)18;1-2/h2-9,19H,18H2,1H3;1-2H3. The fourth-order valence-corrected chi connectivity index (χ4v) is 2.01. The summed E-state index contributed by atoms with van der Waals surface area (Å²) in [5.74, 6) is -1.75. The molecule has 0 heterocycles. The number of nitrogens with zero attached hydrogens (tertiary/aromatic N) is 1. The summed E-state index contributed by atoms with van der Waals surface area (Å²) in [6.45, 7) is 5.72. The molecule has 2 aromatic rings. The van der Waals surface area contributed by atoms with E-state index in [9.17, 15) is 14.0 Å². The van der Waals surface area contributed by atoms with Crippen molar-refractivity contribution < 1.29 is 14.0 Å². The number of benzene rings is 2. The number of nitrogen functional groups attached to an aromatic ring is 1. The first-order valence-electron chi connectivity index (χ1n) is 7.44. The van der Waals surface area contributed by atoms with Crippen LogP contribution in [0.15, 0.2) is 42.5 Å². The van der Waals surface area contributed by atoms with E-state index in [4.69, 9.17) is 11.1 Å². The lowest BCUT2D eigenvalue weighted by Crippen LogP contribution is -2.36. The zero-order valence-corrected chi connectivity index (χ0v) is 13.8. The topological polar surface area (TPSA) is 87.2 Å². The first-order chi connectivity index (χ1) is 11.5. The van der Waals surface area contributed by atoms with E-state index in [2.05, 4.69) is 0 Å². The molecule has 0 aliphatic rings. The summed E-state index contributed by atoms with van der Waals surface area (Å²) in [5, 5.41) is 8.00. The highest BCUT2D eigenvalue weighted by molar-refractivity contribution is 6.19. The average Bonchev–Trinajstić information content (AvgIpc) is 2.59. The molecular formula is C18H20FN3O2. The largest absolute Gasteiger partial charge is 0.398 e. The summed E-state index contributed by atoms with van der Waals surface area (Å²) in [7, 11) is 0. The second-order valence-electron chi connectivity index (χ2n) is 4.68. The third kappa shape index (κ3) is 4.04. The Morgan fingerprint density at radius 3 is 2.38 bits per heavy atom. The van der Waals surface area contributed by atoms with E-state index in [1.807, 2.05) is 13.8 Å². The Kier molecular flexibility index (Phi) is 6.79. The van der Waals surface area contributed by atoms with Gasteiger partial charge in [-0.25, -0.2) is 9.29 Å². The summed E-state index contributed by atoms with van der Waals surface area (Å²) in [6, 6.07) is 10.1. The molecule has 2 amide bonds. The second kappa shape index (κ2) is 8.57. The molecule has 3 N–H and O–H groups in total. The number of hydrogen-bond donors (Lipinski definition) is 2. The van der Waals surface area contributed by atoms with Crippen LogP contribution in [-0.2, 0) is 4.79 Å². The fraction of sp³-hybridized carbons (Fsp3) is 0.167. The van der Waals surface area contributed by atoms with Gasteiger partial charge in [-0.2, -0.15) is 0 Å². The third-order valence-corrected chi connectivity index (χ3v) is 3.21. The molecule has 2 aromatic carbocycles. The Labute approximate surface area is 140 Å². The number of nitrogens with one attached hydrogen (secondary N) is 1. The van der Waals surface area contributed by atoms with Gasteiger partial charge in [0.15, 0.2) is 0 Å². The van der Waals surface area contributed by atoms with Crippen molar-refractivity contribution in [3.63, 3.8) is 0 Å². The van der Waals surface area contributed by atoms with Crippen LogP contribution in [0, 0.1) is 18.2 Å². The lowest BCUT2D eigenvalue weighted by molar-refractivity contribution is -0.113. The minimum atomic E-state index is -0.665. The zero-order chi connectivity index (χ0) is 18.3. The second-order valence-corrected chi connectivity index (χ2v) is 4.68. The van der Waals surface area contributed by atoms with E-state index >= 15 is 0 Å². The smallest absolute Gasteiger partial charge is 0.266 e. The van der Waals surface area contributed by atoms with Crippen molar-refractivity contribution >= 4 is 23.8 Å². The van der Waals surface area contributed by atoms with Gasteiger partial charge in [0.2, 0.25) is 6.41 Å². The molecule has 0 atom stereocenters. The van der Waals surface area contributed by atoms with E-state index in [-0.39, 0.29) is 23.2 Å². The number of carbonyl (C=O) groups is 2. The van der Waals surface area contributed by atoms with Gasteiger partial charge in [-0.1, -0.05) is 32.0 Å².